The van der Waals surface area contributed by atoms with Gasteiger partial charge in [0.15, 0.2) is 12.4 Å². The van der Waals surface area contributed by atoms with E-state index in [9.17, 15) is 9.59 Å². The summed E-state index contributed by atoms with van der Waals surface area (Å²) in [4.78, 5) is 28.3. The van der Waals surface area contributed by atoms with E-state index in [0.717, 1.165) is 11.1 Å². The number of likely N-dealkylation sites (N-methyl/N-ethyl adjacent to an activating group) is 1. The van der Waals surface area contributed by atoms with E-state index in [0.29, 0.717) is 22.8 Å². The molecule has 0 bridgehead atoms. The molecule has 0 spiro atoms. The Morgan fingerprint density at radius 3 is 2.29 bits per heavy atom. The Balaban J connectivity index is 1.81. The van der Waals surface area contributed by atoms with Gasteiger partial charge in [0.1, 0.15) is 17.0 Å². The van der Waals surface area contributed by atoms with Crippen LogP contribution in [0.4, 0.5) is 0 Å². The van der Waals surface area contributed by atoms with Gasteiger partial charge in [0.25, 0.3) is 5.91 Å². The Labute approximate surface area is 196 Å². The highest BCUT2D eigenvalue weighted by Gasteiger charge is 2.22. The number of nitrogens with zero attached hydrogens (tertiary/aromatic N) is 1. The van der Waals surface area contributed by atoms with Crippen molar-refractivity contribution in [2.24, 2.45) is 0 Å². The second kappa shape index (κ2) is 10.3. The number of carboxylic acid groups (broad SMARTS) is 1. The molecule has 0 unspecified atom stereocenters. The molecule has 170 valence electrons. The lowest BCUT2D eigenvalue weighted by molar-refractivity contribution is -0.139. The van der Waals surface area contributed by atoms with Crippen molar-refractivity contribution in [1.29, 1.82) is 0 Å². The normalized spacial score (nSPS) is 11.1. The lowest BCUT2D eigenvalue weighted by Gasteiger charge is -2.06. The number of ether oxygens (including phenoxy) is 1. The van der Waals surface area contributed by atoms with Crippen molar-refractivity contribution in [1.82, 2.24) is 10.3 Å². The average Bonchev–Trinajstić information content (AvgIpc) is 3.32. The van der Waals surface area contributed by atoms with Crippen molar-refractivity contribution in [2.75, 3.05) is 13.7 Å². The third-order valence-electron chi connectivity index (χ3n) is 4.94. The molecular weight excluding hydrogens is 432 g/mol. The van der Waals surface area contributed by atoms with Crippen LogP contribution in [0.5, 0.6) is 5.75 Å². The molecule has 0 atom stereocenters. The van der Waals surface area contributed by atoms with Crippen LogP contribution < -0.4 is 10.1 Å². The minimum atomic E-state index is -1.08. The highest BCUT2D eigenvalue weighted by molar-refractivity contribution is 6.23. The maximum atomic E-state index is 12.8. The number of aliphatic carboxylic acids is 1. The number of rotatable bonds is 8. The molecule has 0 radical (unpaired) electrons. The van der Waals surface area contributed by atoms with Crippen molar-refractivity contribution in [3.63, 3.8) is 0 Å². The van der Waals surface area contributed by atoms with E-state index < -0.39 is 12.6 Å². The van der Waals surface area contributed by atoms with Gasteiger partial charge < -0.3 is 19.6 Å². The van der Waals surface area contributed by atoms with Crippen molar-refractivity contribution in [3.8, 4) is 28.3 Å². The molecule has 1 aromatic heterocycles. The third kappa shape index (κ3) is 5.21. The van der Waals surface area contributed by atoms with Gasteiger partial charge in [0.05, 0.1) is 0 Å². The number of hydrogen-bond acceptors (Lipinski definition) is 5. The van der Waals surface area contributed by atoms with Gasteiger partial charge in [-0.3, -0.25) is 4.79 Å². The molecule has 7 nitrogen and oxygen atoms in total. The van der Waals surface area contributed by atoms with Crippen LogP contribution >= 0.6 is 0 Å². The van der Waals surface area contributed by atoms with E-state index in [-0.39, 0.29) is 17.4 Å². The number of amides is 1. The quantitative estimate of drug-likeness (QED) is 0.372. The Morgan fingerprint density at radius 2 is 1.65 bits per heavy atom. The zero-order chi connectivity index (χ0) is 23.9. The molecule has 2 N–H and O–H groups in total. The second-order valence-electron chi connectivity index (χ2n) is 7.32. The van der Waals surface area contributed by atoms with E-state index in [1.54, 1.807) is 30.3 Å². The fourth-order valence-corrected chi connectivity index (χ4v) is 3.38. The van der Waals surface area contributed by atoms with Gasteiger partial charge in [-0.05, 0) is 23.8 Å². The highest BCUT2D eigenvalue weighted by Crippen LogP contribution is 2.35. The summed E-state index contributed by atoms with van der Waals surface area (Å²) in [6.07, 6.45) is 1.63. The molecular formula is C27H22N2O5. The number of carbonyl (C=O) groups excluding carboxylic acids is 1. The Bertz CT molecular complexity index is 1270. The summed E-state index contributed by atoms with van der Waals surface area (Å²) in [5.74, 6) is -0.371. The molecule has 1 amide bonds. The molecule has 4 rings (SSSR count). The lowest BCUT2D eigenvalue weighted by Crippen LogP contribution is -2.19. The first kappa shape index (κ1) is 22.5. The number of aromatic nitrogens is 1. The van der Waals surface area contributed by atoms with Gasteiger partial charge in [-0.1, -0.05) is 72.8 Å². The fraction of sp³-hybridized carbons (Fsp3) is 0.0741. The molecule has 7 heteroatoms. The van der Waals surface area contributed by atoms with Crippen LogP contribution in [-0.4, -0.2) is 35.6 Å². The van der Waals surface area contributed by atoms with E-state index in [2.05, 4.69) is 5.32 Å². The van der Waals surface area contributed by atoms with Crippen LogP contribution in [0.15, 0.2) is 89.3 Å². The minimum Gasteiger partial charge on any atom is -0.482 e. The van der Waals surface area contributed by atoms with Crippen molar-refractivity contribution >= 4 is 23.5 Å². The zero-order valence-corrected chi connectivity index (χ0v) is 18.4. The molecule has 34 heavy (non-hydrogen) atoms. The summed E-state index contributed by atoms with van der Waals surface area (Å²) in [6, 6.07) is 26.0. The smallest absolute Gasteiger partial charge is 0.341 e. The highest BCUT2D eigenvalue weighted by atomic mass is 16.5. The van der Waals surface area contributed by atoms with Crippen LogP contribution in [-0.2, 0) is 9.59 Å². The van der Waals surface area contributed by atoms with Gasteiger partial charge >= 0.3 is 5.97 Å². The molecule has 4 aromatic rings. The van der Waals surface area contributed by atoms with Crippen LogP contribution in [0.25, 0.3) is 34.2 Å². The number of carboxylic acids is 1. The SMILES string of the molecule is CNC(=O)/C(=C\c1cccc(OCC(=O)O)c1)c1nc(-c2ccccc2)c(-c2ccccc2)o1. The van der Waals surface area contributed by atoms with Crippen LogP contribution in [0.1, 0.15) is 11.5 Å². The summed E-state index contributed by atoms with van der Waals surface area (Å²) < 4.78 is 11.4. The first-order valence-corrected chi connectivity index (χ1v) is 10.6. The van der Waals surface area contributed by atoms with Gasteiger partial charge in [-0.25, -0.2) is 9.78 Å². The Hall–Kier alpha value is -4.65. The summed E-state index contributed by atoms with van der Waals surface area (Å²) in [5, 5.41) is 11.5. The molecule has 0 saturated carbocycles. The Morgan fingerprint density at radius 1 is 0.971 bits per heavy atom. The maximum absolute atomic E-state index is 12.8. The predicted molar refractivity (Wildman–Crippen MR) is 129 cm³/mol. The number of hydrogen-bond donors (Lipinski definition) is 2. The Kier molecular flexibility index (Phi) is 6.84. The largest absolute Gasteiger partial charge is 0.482 e. The predicted octanol–water partition coefficient (Wildman–Crippen LogP) is 4.76. The first-order chi connectivity index (χ1) is 16.5. The topological polar surface area (TPSA) is 102 Å². The summed E-state index contributed by atoms with van der Waals surface area (Å²) >= 11 is 0. The van der Waals surface area contributed by atoms with Crippen LogP contribution in [0, 0.1) is 0 Å². The molecule has 3 aromatic carbocycles. The van der Waals surface area contributed by atoms with Crippen LogP contribution in [0.2, 0.25) is 0 Å². The lowest BCUT2D eigenvalue weighted by atomic mass is 10.1. The van der Waals surface area contributed by atoms with Gasteiger partial charge in [-0.2, -0.15) is 0 Å². The van der Waals surface area contributed by atoms with Crippen molar-refractivity contribution < 1.29 is 23.8 Å². The molecule has 0 saturated heterocycles. The second-order valence-corrected chi connectivity index (χ2v) is 7.32. The third-order valence-corrected chi connectivity index (χ3v) is 4.94. The van der Waals surface area contributed by atoms with Crippen molar-refractivity contribution in [2.45, 2.75) is 0 Å². The van der Waals surface area contributed by atoms with Crippen molar-refractivity contribution in [3.05, 3.63) is 96.4 Å². The van der Waals surface area contributed by atoms with E-state index >= 15 is 0 Å². The van der Waals surface area contributed by atoms with Gasteiger partial charge in [0, 0.05) is 18.2 Å². The van der Waals surface area contributed by atoms with E-state index in [4.69, 9.17) is 19.2 Å². The molecule has 0 aliphatic carbocycles. The summed E-state index contributed by atoms with van der Waals surface area (Å²) in [6.45, 7) is -0.462. The van der Waals surface area contributed by atoms with E-state index in [1.807, 2.05) is 60.7 Å². The fourth-order valence-electron chi connectivity index (χ4n) is 3.38. The number of oxazole rings is 1. The van der Waals surface area contributed by atoms with Gasteiger partial charge in [0.2, 0.25) is 5.89 Å². The van der Waals surface area contributed by atoms with Crippen LogP contribution in [0.3, 0.4) is 0 Å². The number of benzene rings is 3. The summed E-state index contributed by atoms with van der Waals surface area (Å²) in [7, 11) is 1.53. The summed E-state index contributed by atoms with van der Waals surface area (Å²) in [5.41, 5.74) is 3.16. The standard InChI is InChI=1S/C27H22N2O5/c1-28-26(32)22(16-18-9-8-14-21(15-18)33-17-23(30)31)27-29-24(19-10-4-2-5-11-19)25(34-27)20-12-6-3-7-13-20/h2-16H,17H2,1H3,(H,28,32)(H,30,31)/b22-16+. The average molecular weight is 454 g/mol. The number of nitrogens with one attached hydrogen (secondary N) is 1. The number of carbonyl (C=O) groups is 2. The minimum absolute atomic E-state index is 0.161. The maximum Gasteiger partial charge on any atom is 0.341 e. The molecule has 1 heterocycles. The monoisotopic (exact) mass is 454 g/mol. The van der Waals surface area contributed by atoms with E-state index in [1.165, 1.54) is 7.05 Å². The first-order valence-electron chi connectivity index (χ1n) is 10.6. The molecule has 0 fully saturated rings. The zero-order valence-electron chi connectivity index (χ0n) is 18.4. The van der Waals surface area contributed by atoms with Gasteiger partial charge in [-0.15, -0.1) is 0 Å². The molecule has 0 aliphatic rings. The molecule has 0 aliphatic heterocycles.